The van der Waals surface area contributed by atoms with Gasteiger partial charge in [0.15, 0.2) is 0 Å². The fourth-order valence-electron chi connectivity index (χ4n) is 0.646. The number of ether oxygens (including phenoxy) is 1. The highest BCUT2D eigenvalue weighted by molar-refractivity contribution is 5.85. The Kier molecular flexibility index (Phi) is 9.00. The van der Waals surface area contributed by atoms with Crippen molar-refractivity contribution in [3.63, 3.8) is 0 Å². The molecule has 2 N–H and O–H groups in total. The lowest BCUT2D eigenvalue weighted by molar-refractivity contribution is -0.156. The molecule has 0 spiro atoms. The van der Waals surface area contributed by atoms with E-state index in [1.807, 2.05) is 0 Å². The standard InChI is InChI=1S/C6H10O3.C4H6O3/c1-4(6(8)9)3-5(2)7;1-3(5)7-4(2)6/h5,7H,1,3H2,2H3,(H,8,9);1-2H3. The zero-order valence-electron chi connectivity index (χ0n) is 9.52. The molecule has 0 radical (unpaired) electrons. The van der Waals surface area contributed by atoms with Gasteiger partial charge >= 0.3 is 17.9 Å². The van der Waals surface area contributed by atoms with E-state index in [9.17, 15) is 14.4 Å². The third-order valence-corrected chi connectivity index (χ3v) is 1.13. The van der Waals surface area contributed by atoms with Gasteiger partial charge in [-0.1, -0.05) is 6.58 Å². The Morgan fingerprint density at radius 3 is 1.69 bits per heavy atom. The highest BCUT2D eigenvalue weighted by Gasteiger charge is 2.05. The average Bonchev–Trinajstić information content (AvgIpc) is 2.00. The van der Waals surface area contributed by atoms with Crippen molar-refractivity contribution in [3.05, 3.63) is 12.2 Å². The van der Waals surface area contributed by atoms with Crippen molar-refractivity contribution in [2.45, 2.75) is 33.3 Å². The smallest absolute Gasteiger partial charge is 0.331 e. The summed E-state index contributed by atoms with van der Waals surface area (Å²) in [4.78, 5) is 29.6. The summed E-state index contributed by atoms with van der Waals surface area (Å²) < 4.78 is 3.97. The summed E-state index contributed by atoms with van der Waals surface area (Å²) in [6.07, 6.45) is -0.483. The number of carbonyl (C=O) groups is 3. The first-order chi connectivity index (χ1) is 7.16. The molecule has 0 amide bonds. The van der Waals surface area contributed by atoms with Crippen molar-refractivity contribution in [2.75, 3.05) is 0 Å². The summed E-state index contributed by atoms with van der Waals surface area (Å²) in [7, 11) is 0. The Hall–Kier alpha value is -1.69. The average molecular weight is 232 g/mol. The van der Waals surface area contributed by atoms with Gasteiger partial charge < -0.3 is 14.9 Å². The quantitative estimate of drug-likeness (QED) is 0.417. The second kappa shape index (κ2) is 8.60. The van der Waals surface area contributed by atoms with E-state index in [1.54, 1.807) is 0 Å². The molecular formula is C10H16O6. The first-order valence-corrected chi connectivity index (χ1v) is 4.45. The van der Waals surface area contributed by atoms with E-state index in [4.69, 9.17) is 10.2 Å². The Bertz CT molecular complexity index is 267. The summed E-state index contributed by atoms with van der Waals surface area (Å²) in [5.41, 5.74) is 0.0463. The van der Waals surface area contributed by atoms with Gasteiger partial charge in [-0.2, -0.15) is 0 Å². The van der Waals surface area contributed by atoms with Gasteiger partial charge in [-0.3, -0.25) is 9.59 Å². The maximum Gasteiger partial charge on any atom is 0.331 e. The van der Waals surface area contributed by atoms with Gasteiger partial charge in [-0.25, -0.2) is 4.79 Å². The molecule has 0 aromatic heterocycles. The van der Waals surface area contributed by atoms with Crippen LogP contribution >= 0.6 is 0 Å². The Morgan fingerprint density at radius 1 is 1.25 bits per heavy atom. The van der Waals surface area contributed by atoms with Crippen molar-refractivity contribution < 1.29 is 29.3 Å². The van der Waals surface area contributed by atoms with E-state index in [2.05, 4.69) is 11.3 Å². The lowest BCUT2D eigenvalue weighted by Crippen LogP contribution is -2.07. The highest BCUT2D eigenvalue weighted by atomic mass is 16.6. The Morgan fingerprint density at radius 2 is 1.62 bits per heavy atom. The van der Waals surface area contributed by atoms with Crippen LogP contribution in [0.25, 0.3) is 0 Å². The minimum atomic E-state index is -1.05. The van der Waals surface area contributed by atoms with Crippen LogP contribution in [0.2, 0.25) is 0 Å². The molecule has 0 aliphatic carbocycles. The maximum absolute atomic E-state index is 10.0. The van der Waals surface area contributed by atoms with E-state index in [1.165, 1.54) is 20.8 Å². The number of aliphatic hydroxyl groups excluding tert-OH is 1. The molecule has 0 aromatic rings. The molecule has 92 valence electrons. The van der Waals surface area contributed by atoms with Gasteiger partial charge in [0.05, 0.1) is 6.10 Å². The molecule has 1 atom stereocenters. The predicted octanol–water partition coefficient (Wildman–Crippen LogP) is 0.494. The molecule has 0 heterocycles. The van der Waals surface area contributed by atoms with Crippen LogP contribution < -0.4 is 0 Å². The molecule has 6 nitrogen and oxygen atoms in total. The molecule has 0 aromatic carbocycles. The van der Waals surface area contributed by atoms with Crippen molar-refractivity contribution in [1.82, 2.24) is 0 Å². The van der Waals surface area contributed by atoms with Gasteiger partial charge in [0.2, 0.25) is 0 Å². The summed E-state index contributed by atoms with van der Waals surface area (Å²) in [5, 5.41) is 16.9. The lowest BCUT2D eigenvalue weighted by atomic mass is 10.1. The Balaban J connectivity index is 0. The first-order valence-electron chi connectivity index (χ1n) is 4.45. The van der Waals surface area contributed by atoms with Crippen LogP contribution in [0.3, 0.4) is 0 Å². The highest BCUT2D eigenvalue weighted by Crippen LogP contribution is 2.01. The largest absolute Gasteiger partial charge is 0.478 e. The zero-order chi connectivity index (χ0) is 13.3. The molecule has 6 heteroatoms. The second-order valence-corrected chi connectivity index (χ2v) is 3.05. The molecular weight excluding hydrogens is 216 g/mol. The molecule has 0 fully saturated rings. The molecule has 0 saturated heterocycles. The van der Waals surface area contributed by atoms with E-state index < -0.39 is 24.0 Å². The minimum absolute atomic E-state index is 0.0463. The Labute approximate surface area is 93.5 Å². The predicted molar refractivity (Wildman–Crippen MR) is 55.5 cm³/mol. The van der Waals surface area contributed by atoms with Crippen molar-refractivity contribution in [3.8, 4) is 0 Å². The SMILES string of the molecule is C=C(CC(C)O)C(=O)O.CC(=O)OC(C)=O. The molecule has 0 bridgehead atoms. The van der Waals surface area contributed by atoms with Crippen LogP contribution in [0.4, 0.5) is 0 Å². The number of carboxylic acid groups (broad SMARTS) is 1. The monoisotopic (exact) mass is 232 g/mol. The fourth-order valence-corrected chi connectivity index (χ4v) is 0.646. The number of carboxylic acids is 1. The number of hydrogen-bond acceptors (Lipinski definition) is 5. The molecule has 0 aliphatic rings. The van der Waals surface area contributed by atoms with E-state index in [0.29, 0.717) is 0 Å². The topological polar surface area (TPSA) is 101 Å². The number of hydrogen-bond donors (Lipinski definition) is 2. The summed E-state index contributed by atoms with van der Waals surface area (Å²) in [6, 6.07) is 0. The first kappa shape index (κ1) is 16.7. The van der Waals surface area contributed by atoms with Gasteiger partial charge in [-0.05, 0) is 6.92 Å². The number of carbonyl (C=O) groups excluding carboxylic acids is 2. The molecule has 0 rings (SSSR count). The molecule has 0 saturated carbocycles. The van der Waals surface area contributed by atoms with E-state index in [-0.39, 0.29) is 12.0 Å². The number of rotatable bonds is 3. The van der Waals surface area contributed by atoms with Gasteiger partial charge in [0, 0.05) is 25.8 Å². The van der Waals surface area contributed by atoms with Crippen LogP contribution in [0.15, 0.2) is 12.2 Å². The van der Waals surface area contributed by atoms with Crippen molar-refractivity contribution in [2.24, 2.45) is 0 Å². The molecule has 16 heavy (non-hydrogen) atoms. The van der Waals surface area contributed by atoms with Crippen LogP contribution in [0.1, 0.15) is 27.2 Å². The molecule has 1 unspecified atom stereocenters. The summed E-state index contributed by atoms with van der Waals surface area (Å²) in [6.45, 7) is 7.12. The van der Waals surface area contributed by atoms with E-state index in [0.717, 1.165) is 0 Å². The van der Waals surface area contributed by atoms with Crippen LogP contribution in [0.5, 0.6) is 0 Å². The third-order valence-electron chi connectivity index (χ3n) is 1.13. The number of aliphatic carboxylic acids is 1. The zero-order valence-corrected chi connectivity index (χ0v) is 9.52. The van der Waals surface area contributed by atoms with Gasteiger partial charge in [0.1, 0.15) is 0 Å². The lowest BCUT2D eigenvalue weighted by Gasteiger charge is -2.01. The number of aliphatic hydroxyl groups is 1. The third kappa shape index (κ3) is 14.8. The molecule has 0 aliphatic heterocycles. The minimum Gasteiger partial charge on any atom is -0.478 e. The number of esters is 2. The normalized spacial score (nSPS) is 10.5. The summed E-state index contributed by atoms with van der Waals surface area (Å²) >= 11 is 0. The van der Waals surface area contributed by atoms with Crippen LogP contribution in [-0.2, 0) is 19.1 Å². The fraction of sp³-hybridized carbons (Fsp3) is 0.500. The van der Waals surface area contributed by atoms with Gasteiger partial charge in [0.25, 0.3) is 0 Å². The van der Waals surface area contributed by atoms with Crippen molar-refractivity contribution in [1.29, 1.82) is 0 Å². The summed E-state index contributed by atoms with van der Waals surface area (Å²) in [5.74, 6) is -2.17. The van der Waals surface area contributed by atoms with E-state index >= 15 is 0 Å². The van der Waals surface area contributed by atoms with Crippen LogP contribution in [-0.4, -0.2) is 34.2 Å². The maximum atomic E-state index is 10.0. The van der Waals surface area contributed by atoms with Crippen LogP contribution in [0, 0.1) is 0 Å². The second-order valence-electron chi connectivity index (χ2n) is 3.05. The van der Waals surface area contributed by atoms with Crippen molar-refractivity contribution >= 4 is 17.9 Å². The van der Waals surface area contributed by atoms with Gasteiger partial charge in [-0.15, -0.1) is 0 Å².